The summed E-state index contributed by atoms with van der Waals surface area (Å²) in [6.45, 7) is 3.34. The van der Waals surface area contributed by atoms with E-state index in [2.05, 4.69) is 24.9 Å². The van der Waals surface area contributed by atoms with Crippen molar-refractivity contribution in [2.45, 2.75) is 45.2 Å². The van der Waals surface area contributed by atoms with Gasteiger partial charge in [0.25, 0.3) is 0 Å². The van der Waals surface area contributed by atoms with Crippen molar-refractivity contribution in [1.82, 2.24) is 4.90 Å². The van der Waals surface area contributed by atoms with Gasteiger partial charge in [-0.25, -0.2) is 0 Å². The van der Waals surface area contributed by atoms with Crippen molar-refractivity contribution in [3.05, 3.63) is 23.8 Å². The van der Waals surface area contributed by atoms with E-state index in [0.29, 0.717) is 6.04 Å². The molecule has 0 saturated heterocycles. The van der Waals surface area contributed by atoms with Crippen LogP contribution in [0, 0.1) is 5.92 Å². The highest BCUT2D eigenvalue weighted by Gasteiger charge is 2.24. The van der Waals surface area contributed by atoms with Crippen LogP contribution in [0.2, 0.25) is 0 Å². The summed E-state index contributed by atoms with van der Waals surface area (Å²) >= 11 is 0. The summed E-state index contributed by atoms with van der Waals surface area (Å²) in [4.78, 5) is 2.48. The number of ether oxygens (including phenoxy) is 1. The molecule has 3 nitrogen and oxygen atoms in total. The van der Waals surface area contributed by atoms with Crippen LogP contribution in [0.15, 0.2) is 18.2 Å². The molecular formula is C16H26N2O. The molecule has 0 heterocycles. The molecule has 2 atom stereocenters. The Morgan fingerprint density at radius 2 is 2.05 bits per heavy atom. The SMILES string of the molecule is COc1ccc(CN(C)C2CCCCC2C)cc1N. The molecule has 0 amide bonds. The third-order valence-electron chi connectivity index (χ3n) is 4.36. The second-order valence-electron chi connectivity index (χ2n) is 5.82. The summed E-state index contributed by atoms with van der Waals surface area (Å²) in [7, 11) is 3.88. The van der Waals surface area contributed by atoms with Crippen LogP contribution in [0.3, 0.4) is 0 Å². The monoisotopic (exact) mass is 262 g/mol. The van der Waals surface area contributed by atoms with E-state index in [4.69, 9.17) is 10.5 Å². The highest BCUT2D eigenvalue weighted by Crippen LogP contribution is 2.29. The number of hydrogen-bond acceptors (Lipinski definition) is 3. The van der Waals surface area contributed by atoms with Gasteiger partial charge in [0.05, 0.1) is 12.8 Å². The van der Waals surface area contributed by atoms with Crippen LogP contribution in [0.1, 0.15) is 38.2 Å². The lowest BCUT2D eigenvalue weighted by Crippen LogP contribution is -2.38. The van der Waals surface area contributed by atoms with Gasteiger partial charge in [0.1, 0.15) is 5.75 Å². The Hall–Kier alpha value is -1.22. The molecule has 1 saturated carbocycles. The maximum atomic E-state index is 5.97. The van der Waals surface area contributed by atoms with E-state index < -0.39 is 0 Å². The number of nitrogens with two attached hydrogens (primary N) is 1. The molecule has 0 radical (unpaired) electrons. The number of nitrogen functional groups attached to an aromatic ring is 1. The second kappa shape index (κ2) is 6.29. The highest BCUT2D eigenvalue weighted by molar-refractivity contribution is 5.54. The first kappa shape index (κ1) is 14.2. The molecule has 1 fully saturated rings. The molecule has 1 aliphatic rings. The number of methoxy groups -OCH3 is 1. The first-order chi connectivity index (χ1) is 9.11. The summed E-state index contributed by atoms with van der Waals surface area (Å²) < 4.78 is 5.20. The number of anilines is 1. The molecule has 2 unspecified atom stereocenters. The summed E-state index contributed by atoms with van der Waals surface area (Å²) in [6, 6.07) is 6.81. The minimum absolute atomic E-state index is 0.706. The zero-order chi connectivity index (χ0) is 13.8. The van der Waals surface area contributed by atoms with Gasteiger partial charge in [0, 0.05) is 12.6 Å². The van der Waals surface area contributed by atoms with Crippen molar-refractivity contribution in [2.24, 2.45) is 5.92 Å². The van der Waals surface area contributed by atoms with Crippen molar-refractivity contribution in [3.63, 3.8) is 0 Å². The first-order valence-corrected chi connectivity index (χ1v) is 7.24. The van der Waals surface area contributed by atoms with Crippen LogP contribution < -0.4 is 10.5 Å². The quantitative estimate of drug-likeness (QED) is 0.846. The Morgan fingerprint density at radius 3 is 2.68 bits per heavy atom. The van der Waals surface area contributed by atoms with Crippen molar-refractivity contribution >= 4 is 5.69 Å². The maximum absolute atomic E-state index is 5.97. The molecule has 0 spiro atoms. The lowest BCUT2D eigenvalue weighted by Gasteiger charge is -2.36. The Kier molecular flexibility index (Phi) is 4.70. The van der Waals surface area contributed by atoms with Gasteiger partial charge >= 0.3 is 0 Å². The van der Waals surface area contributed by atoms with E-state index in [1.807, 2.05) is 12.1 Å². The van der Waals surface area contributed by atoms with Gasteiger partial charge in [-0.15, -0.1) is 0 Å². The van der Waals surface area contributed by atoms with Crippen molar-refractivity contribution in [1.29, 1.82) is 0 Å². The molecule has 0 bridgehead atoms. The Morgan fingerprint density at radius 1 is 1.32 bits per heavy atom. The molecule has 106 valence electrons. The number of rotatable bonds is 4. The summed E-state index contributed by atoms with van der Waals surface area (Å²) in [5, 5.41) is 0. The molecule has 19 heavy (non-hydrogen) atoms. The zero-order valence-corrected chi connectivity index (χ0v) is 12.4. The van der Waals surface area contributed by atoms with Gasteiger partial charge < -0.3 is 10.5 Å². The highest BCUT2D eigenvalue weighted by atomic mass is 16.5. The minimum atomic E-state index is 0.706. The molecule has 0 aliphatic heterocycles. The summed E-state index contributed by atoms with van der Waals surface area (Å²) in [5.74, 6) is 1.56. The maximum Gasteiger partial charge on any atom is 0.141 e. The molecule has 1 aromatic carbocycles. The van der Waals surface area contributed by atoms with E-state index in [0.717, 1.165) is 23.9 Å². The normalized spacial score (nSPS) is 23.6. The van der Waals surface area contributed by atoms with Crippen LogP contribution in [-0.2, 0) is 6.54 Å². The predicted octanol–water partition coefficient (Wildman–Crippen LogP) is 3.29. The average Bonchev–Trinajstić information content (AvgIpc) is 2.39. The van der Waals surface area contributed by atoms with Crippen molar-refractivity contribution in [3.8, 4) is 5.75 Å². The molecule has 1 aliphatic carbocycles. The van der Waals surface area contributed by atoms with Crippen LogP contribution in [0.5, 0.6) is 5.75 Å². The standard InChI is InChI=1S/C16H26N2O/c1-12-6-4-5-7-15(12)18(2)11-13-8-9-16(19-3)14(17)10-13/h8-10,12,15H,4-7,11,17H2,1-3H3. The fourth-order valence-electron chi connectivity index (χ4n) is 3.24. The van der Waals surface area contributed by atoms with Crippen molar-refractivity contribution < 1.29 is 4.74 Å². The van der Waals surface area contributed by atoms with Gasteiger partial charge in [-0.3, -0.25) is 4.90 Å². The van der Waals surface area contributed by atoms with Crippen LogP contribution in [-0.4, -0.2) is 25.1 Å². The van der Waals surface area contributed by atoms with Crippen LogP contribution in [0.25, 0.3) is 0 Å². The fraction of sp³-hybridized carbons (Fsp3) is 0.625. The van der Waals surface area contributed by atoms with Gasteiger partial charge in [0.15, 0.2) is 0 Å². The van der Waals surface area contributed by atoms with Crippen LogP contribution >= 0.6 is 0 Å². The zero-order valence-electron chi connectivity index (χ0n) is 12.4. The summed E-state index contributed by atoms with van der Waals surface area (Å²) in [6.07, 6.45) is 5.44. The lowest BCUT2D eigenvalue weighted by molar-refractivity contribution is 0.133. The van der Waals surface area contributed by atoms with E-state index >= 15 is 0 Å². The van der Waals surface area contributed by atoms with E-state index in [1.54, 1.807) is 7.11 Å². The third-order valence-corrected chi connectivity index (χ3v) is 4.36. The van der Waals surface area contributed by atoms with Gasteiger partial charge in [-0.2, -0.15) is 0 Å². The number of nitrogens with zero attached hydrogens (tertiary/aromatic N) is 1. The molecule has 3 heteroatoms. The third kappa shape index (κ3) is 3.41. The summed E-state index contributed by atoms with van der Waals surface area (Å²) in [5.41, 5.74) is 7.96. The Bertz CT molecular complexity index is 419. The van der Waals surface area contributed by atoms with Crippen molar-refractivity contribution in [2.75, 3.05) is 19.9 Å². The molecule has 0 aromatic heterocycles. The lowest BCUT2D eigenvalue weighted by atomic mass is 9.85. The first-order valence-electron chi connectivity index (χ1n) is 7.24. The predicted molar refractivity (Wildman–Crippen MR) is 80.3 cm³/mol. The second-order valence-corrected chi connectivity index (χ2v) is 5.82. The molecular weight excluding hydrogens is 236 g/mol. The topological polar surface area (TPSA) is 38.5 Å². The van der Waals surface area contributed by atoms with E-state index in [9.17, 15) is 0 Å². The van der Waals surface area contributed by atoms with E-state index in [-0.39, 0.29) is 0 Å². The smallest absolute Gasteiger partial charge is 0.141 e. The number of hydrogen-bond donors (Lipinski definition) is 1. The van der Waals surface area contributed by atoms with E-state index in [1.165, 1.54) is 31.2 Å². The molecule has 2 rings (SSSR count). The average molecular weight is 262 g/mol. The number of benzene rings is 1. The molecule has 1 aromatic rings. The van der Waals surface area contributed by atoms with Gasteiger partial charge in [-0.05, 0) is 43.5 Å². The Balaban J connectivity index is 2.01. The van der Waals surface area contributed by atoms with Gasteiger partial charge in [0.2, 0.25) is 0 Å². The largest absolute Gasteiger partial charge is 0.495 e. The minimum Gasteiger partial charge on any atom is -0.495 e. The van der Waals surface area contributed by atoms with Gasteiger partial charge in [-0.1, -0.05) is 25.8 Å². The molecule has 2 N–H and O–H groups in total. The fourth-order valence-corrected chi connectivity index (χ4v) is 3.24. The Labute approximate surface area is 116 Å². The van der Waals surface area contributed by atoms with Crippen LogP contribution in [0.4, 0.5) is 5.69 Å².